The molecule has 2 aliphatic rings. The number of benzene rings is 1. The highest BCUT2D eigenvalue weighted by molar-refractivity contribution is 5.77. The summed E-state index contributed by atoms with van der Waals surface area (Å²) in [6, 6.07) is 3.95. The second kappa shape index (κ2) is 5.70. The van der Waals surface area contributed by atoms with E-state index in [9.17, 15) is 4.79 Å². The van der Waals surface area contributed by atoms with Crippen molar-refractivity contribution in [3.05, 3.63) is 45.5 Å². The lowest BCUT2D eigenvalue weighted by molar-refractivity contribution is 0.267. The summed E-state index contributed by atoms with van der Waals surface area (Å²) in [5, 5.41) is 3.38. The van der Waals surface area contributed by atoms with Gasteiger partial charge in [-0.05, 0) is 18.6 Å². The van der Waals surface area contributed by atoms with Crippen molar-refractivity contribution in [3.8, 4) is 5.75 Å². The summed E-state index contributed by atoms with van der Waals surface area (Å²) in [5.41, 5.74) is 4.38. The molecule has 0 saturated carbocycles. The van der Waals surface area contributed by atoms with Crippen molar-refractivity contribution < 1.29 is 4.74 Å². The van der Waals surface area contributed by atoms with Crippen LogP contribution in [0.5, 0.6) is 5.75 Å². The molecule has 0 atom stereocenters. The number of rotatable bonds is 1. The molecule has 1 aromatic carbocycles. The molecule has 1 aromatic heterocycles. The fourth-order valence-electron chi connectivity index (χ4n) is 3.20. The van der Waals surface area contributed by atoms with Crippen molar-refractivity contribution >= 4 is 11.0 Å². The summed E-state index contributed by atoms with van der Waals surface area (Å²) in [6.07, 6.45) is 2.76. The van der Waals surface area contributed by atoms with E-state index in [-0.39, 0.29) is 5.56 Å². The Kier molecular flexibility index (Phi) is 3.53. The van der Waals surface area contributed by atoms with E-state index in [1.165, 1.54) is 5.70 Å². The largest absolute Gasteiger partial charge is 0.489 e. The first-order chi connectivity index (χ1) is 11.2. The summed E-state index contributed by atoms with van der Waals surface area (Å²) in [6.45, 7) is 6.12. The van der Waals surface area contributed by atoms with Gasteiger partial charge in [0.1, 0.15) is 18.1 Å². The molecule has 0 bridgehead atoms. The van der Waals surface area contributed by atoms with E-state index in [1.807, 2.05) is 19.1 Å². The number of aromatic nitrogens is 2. The second-order valence-electron chi connectivity index (χ2n) is 5.95. The number of nitrogens with zero attached hydrogens (tertiary/aromatic N) is 2. The Bertz CT molecular complexity index is 840. The zero-order valence-corrected chi connectivity index (χ0v) is 13.2. The number of hydrogen-bond acceptors (Lipinski definition) is 5. The van der Waals surface area contributed by atoms with Gasteiger partial charge in [0.2, 0.25) is 0 Å². The minimum atomic E-state index is -0.102. The Balaban J connectivity index is 1.80. The molecular formula is C17H20N4O2. The van der Waals surface area contributed by atoms with Crippen LogP contribution in [0.2, 0.25) is 0 Å². The van der Waals surface area contributed by atoms with Crippen molar-refractivity contribution in [2.45, 2.75) is 19.9 Å². The maximum Gasteiger partial charge on any atom is 0.270 e. The number of ether oxygens (including phenoxy) is 1. The number of fused-ring (bicyclic) bond motifs is 3. The highest BCUT2D eigenvalue weighted by Crippen LogP contribution is 2.28. The van der Waals surface area contributed by atoms with E-state index >= 15 is 0 Å². The van der Waals surface area contributed by atoms with Crippen molar-refractivity contribution in [3.63, 3.8) is 0 Å². The SMILES string of the molecule is CCc1nc2cc3c(cc2[nH]c1=O)CN1CCNC/C1=C/CO3. The predicted molar refractivity (Wildman–Crippen MR) is 88.6 cm³/mol. The van der Waals surface area contributed by atoms with Gasteiger partial charge in [-0.1, -0.05) is 6.92 Å². The summed E-state index contributed by atoms with van der Waals surface area (Å²) < 4.78 is 5.93. The van der Waals surface area contributed by atoms with Gasteiger partial charge in [-0.15, -0.1) is 0 Å². The van der Waals surface area contributed by atoms with Gasteiger partial charge in [0.15, 0.2) is 0 Å². The van der Waals surface area contributed by atoms with Crippen molar-refractivity contribution in [2.75, 3.05) is 26.2 Å². The number of hydrogen-bond donors (Lipinski definition) is 2. The van der Waals surface area contributed by atoms with Crippen LogP contribution in [-0.2, 0) is 13.0 Å². The Hall–Kier alpha value is -2.34. The highest BCUT2D eigenvalue weighted by Gasteiger charge is 2.19. The monoisotopic (exact) mass is 312 g/mol. The molecule has 0 amide bonds. The molecule has 0 radical (unpaired) electrons. The maximum absolute atomic E-state index is 12.0. The third-order valence-corrected chi connectivity index (χ3v) is 4.47. The van der Waals surface area contributed by atoms with Crippen LogP contribution in [-0.4, -0.2) is 41.1 Å². The van der Waals surface area contributed by atoms with Gasteiger partial charge in [0.25, 0.3) is 5.56 Å². The van der Waals surface area contributed by atoms with E-state index in [4.69, 9.17) is 4.74 Å². The van der Waals surface area contributed by atoms with Crippen molar-refractivity contribution in [1.82, 2.24) is 20.2 Å². The lowest BCUT2D eigenvalue weighted by Crippen LogP contribution is -2.42. The van der Waals surface area contributed by atoms with E-state index in [1.54, 1.807) is 0 Å². The van der Waals surface area contributed by atoms with Crippen LogP contribution in [0.1, 0.15) is 18.2 Å². The minimum absolute atomic E-state index is 0.102. The summed E-state index contributed by atoms with van der Waals surface area (Å²) >= 11 is 0. The van der Waals surface area contributed by atoms with E-state index < -0.39 is 0 Å². The van der Waals surface area contributed by atoms with Gasteiger partial charge in [-0.3, -0.25) is 4.79 Å². The fraction of sp³-hybridized carbons (Fsp3) is 0.412. The molecule has 6 heteroatoms. The smallest absolute Gasteiger partial charge is 0.270 e. The van der Waals surface area contributed by atoms with Crippen LogP contribution < -0.4 is 15.6 Å². The van der Waals surface area contributed by atoms with E-state index in [0.717, 1.165) is 48.5 Å². The first-order valence-electron chi connectivity index (χ1n) is 8.08. The molecule has 6 nitrogen and oxygen atoms in total. The van der Waals surface area contributed by atoms with Crippen LogP contribution in [0.4, 0.5) is 0 Å². The second-order valence-corrected chi connectivity index (χ2v) is 5.95. The highest BCUT2D eigenvalue weighted by atomic mass is 16.5. The number of H-pyrrole nitrogens is 1. The van der Waals surface area contributed by atoms with Gasteiger partial charge >= 0.3 is 0 Å². The third kappa shape index (κ3) is 2.59. The van der Waals surface area contributed by atoms with E-state index in [2.05, 4.69) is 26.3 Å². The molecule has 3 heterocycles. The maximum atomic E-state index is 12.0. The Morgan fingerprint density at radius 1 is 1.39 bits per heavy atom. The lowest BCUT2D eigenvalue weighted by atomic mass is 10.1. The number of aromatic amines is 1. The van der Waals surface area contributed by atoms with Crippen LogP contribution in [0.3, 0.4) is 0 Å². The normalized spacial score (nSPS) is 19.9. The molecule has 0 unspecified atom stereocenters. The standard InChI is InChI=1S/C17H20N4O2/c1-2-13-17(22)20-14-7-11-10-21-5-4-18-9-12(21)3-6-23-16(11)8-15(14)19-13/h3,7-8,18H,2,4-6,9-10H2,1H3,(H,20,22)/b12-3-. The van der Waals surface area contributed by atoms with Crippen LogP contribution in [0, 0.1) is 0 Å². The lowest BCUT2D eigenvalue weighted by Gasteiger charge is -2.34. The molecule has 23 heavy (non-hydrogen) atoms. The molecule has 1 saturated heterocycles. The Morgan fingerprint density at radius 2 is 2.30 bits per heavy atom. The Labute approximate surface area is 134 Å². The fourth-order valence-corrected chi connectivity index (χ4v) is 3.20. The molecule has 0 aliphatic carbocycles. The molecule has 2 aromatic rings. The topological polar surface area (TPSA) is 70.2 Å². The van der Waals surface area contributed by atoms with E-state index in [0.29, 0.717) is 18.7 Å². The predicted octanol–water partition coefficient (Wildman–Crippen LogP) is 1.17. The molecule has 2 aliphatic heterocycles. The van der Waals surface area contributed by atoms with Crippen LogP contribution >= 0.6 is 0 Å². The van der Waals surface area contributed by atoms with Gasteiger partial charge < -0.3 is 19.9 Å². The summed E-state index contributed by atoms with van der Waals surface area (Å²) in [4.78, 5) is 21.8. The third-order valence-electron chi connectivity index (χ3n) is 4.47. The van der Waals surface area contributed by atoms with Crippen LogP contribution in [0.25, 0.3) is 11.0 Å². The quantitative estimate of drug-likeness (QED) is 0.827. The Morgan fingerprint density at radius 3 is 3.17 bits per heavy atom. The average Bonchev–Trinajstić information content (AvgIpc) is 2.54. The van der Waals surface area contributed by atoms with Gasteiger partial charge in [0.05, 0.1) is 11.0 Å². The van der Waals surface area contributed by atoms with Crippen LogP contribution in [0.15, 0.2) is 28.7 Å². The van der Waals surface area contributed by atoms with Gasteiger partial charge in [-0.2, -0.15) is 0 Å². The van der Waals surface area contributed by atoms with Crippen molar-refractivity contribution in [2.24, 2.45) is 0 Å². The first kappa shape index (κ1) is 14.3. The molecule has 1 fully saturated rings. The molecule has 2 N–H and O–H groups in total. The van der Waals surface area contributed by atoms with Crippen molar-refractivity contribution in [1.29, 1.82) is 0 Å². The molecule has 120 valence electrons. The van der Waals surface area contributed by atoms with Gasteiger partial charge in [-0.25, -0.2) is 4.98 Å². The van der Waals surface area contributed by atoms with Gasteiger partial charge in [0, 0.05) is 43.5 Å². The average molecular weight is 312 g/mol. The molecular weight excluding hydrogens is 292 g/mol. The number of aryl methyl sites for hydroxylation is 1. The minimum Gasteiger partial charge on any atom is -0.489 e. The molecule has 4 rings (SSSR count). The number of nitrogens with one attached hydrogen (secondary N) is 2. The zero-order chi connectivity index (χ0) is 15.8. The first-order valence-corrected chi connectivity index (χ1v) is 8.08. The zero-order valence-electron chi connectivity index (χ0n) is 13.2. The summed E-state index contributed by atoms with van der Waals surface area (Å²) in [7, 11) is 0. The molecule has 0 spiro atoms. The summed E-state index contributed by atoms with van der Waals surface area (Å²) in [5.74, 6) is 0.855. The number of piperazine rings is 1.